The molecule has 6 nitrogen and oxygen atoms in total. The van der Waals surface area contributed by atoms with E-state index >= 15 is 0 Å². The van der Waals surface area contributed by atoms with Crippen molar-refractivity contribution >= 4 is 23.2 Å². The quantitative estimate of drug-likeness (QED) is 0.231. The second-order valence-electron chi connectivity index (χ2n) is 6.31. The summed E-state index contributed by atoms with van der Waals surface area (Å²) in [5.41, 5.74) is 3.88. The Morgan fingerprint density at radius 1 is 1.07 bits per heavy atom. The molecule has 0 unspecified atom stereocenters. The summed E-state index contributed by atoms with van der Waals surface area (Å²) in [6, 6.07) is 15.9. The van der Waals surface area contributed by atoms with Crippen molar-refractivity contribution in [2.24, 2.45) is 0 Å². The molecule has 2 N–H and O–H groups in total. The molecule has 0 saturated heterocycles. The van der Waals surface area contributed by atoms with Crippen LogP contribution in [0.2, 0.25) is 0 Å². The van der Waals surface area contributed by atoms with Crippen molar-refractivity contribution < 1.29 is 15.0 Å². The van der Waals surface area contributed by atoms with E-state index in [1.807, 2.05) is 43.3 Å². The second kappa shape index (κ2) is 7.36. The maximum atomic E-state index is 12.5. The van der Waals surface area contributed by atoms with Gasteiger partial charge in [0.25, 0.3) is 0 Å². The lowest BCUT2D eigenvalue weighted by Gasteiger charge is -2.07. The van der Waals surface area contributed by atoms with Crippen molar-refractivity contribution in [2.45, 2.75) is 11.9 Å². The highest BCUT2D eigenvalue weighted by atomic mass is 32.2. The molecule has 140 valence electrons. The Morgan fingerprint density at radius 3 is 2.61 bits per heavy atom. The van der Waals surface area contributed by atoms with Crippen LogP contribution in [-0.2, 0) is 0 Å². The fourth-order valence-corrected chi connectivity index (χ4v) is 3.85. The van der Waals surface area contributed by atoms with Gasteiger partial charge in [-0.15, -0.1) is 0 Å². The van der Waals surface area contributed by atoms with E-state index in [9.17, 15) is 15.0 Å². The Kier molecular flexibility index (Phi) is 4.75. The third-order valence-electron chi connectivity index (χ3n) is 4.30. The van der Waals surface area contributed by atoms with Crippen molar-refractivity contribution in [3.63, 3.8) is 0 Å². The van der Waals surface area contributed by atoms with E-state index in [0.29, 0.717) is 5.56 Å². The van der Waals surface area contributed by atoms with Crippen LogP contribution in [0, 0.1) is 6.92 Å². The molecule has 0 bridgehead atoms. The lowest BCUT2D eigenvalue weighted by molar-refractivity contribution is 0.102. The van der Waals surface area contributed by atoms with Gasteiger partial charge in [0, 0.05) is 16.8 Å². The number of aromatic hydroxyl groups is 2. The van der Waals surface area contributed by atoms with E-state index in [-0.39, 0.29) is 23.0 Å². The number of benzene rings is 2. The van der Waals surface area contributed by atoms with Gasteiger partial charge in [0.15, 0.2) is 22.9 Å². The van der Waals surface area contributed by atoms with Crippen molar-refractivity contribution in [2.75, 3.05) is 5.75 Å². The minimum Gasteiger partial charge on any atom is -0.504 e. The smallest absolute Gasteiger partial charge is 0.173 e. The van der Waals surface area contributed by atoms with Gasteiger partial charge in [-0.2, -0.15) is 5.10 Å². The van der Waals surface area contributed by atoms with E-state index < -0.39 is 0 Å². The predicted molar refractivity (Wildman–Crippen MR) is 108 cm³/mol. The number of aromatic nitrogens is 3. The molecule has 0 radical (unpaired) electrons. The number of ketones is 1. The number of hydrogen-bond acceptors (Lipinski definition) is 6. The standard InChI is InChI=1S/C21H17N3O3S/c1-13-9-20(28-12-19(27)15-7-8-17(25)18(26)10-15)24-21(23-13)16(11-22-24)14-5-3-2-4-6-14/h2-11,25-26H,12H2,1H3. The van der Waals surface area contributed by atoms with Crippen molar-refractivity contribution in [3.05, 3.63) is 72.1 Å². The third-order valence-corrected chi connectivity index (χ3v) is 5.29. The van der Waals surface area contributed by atoms with Crippen molar-refractivity contribution in [3.8, 4) is 22.6 Å². The number of carbonyl (C=O) groups excluding carboxylic acids is 1. The van der Waals surface area contributed by atoms with Crippen LogP contribution in [0.15, 0.2) is 65.8 Å². The Morgan fingerprint density at radius 2 is 1.86 bits per heavy atom. The van der Waals surface area contributed by atoms with E-state index in [1.165, 1.54) is 30.0 Å². The van der Waals surface area contributed by atoms with Crippen LogP contribution in [0.4, 0.5) is 0 Å². The highest BCUT2D eigenvalue weighted by Crippen LogP contribution is 2.29. The zero-order chi connectivity index (χ0) is 19.7. The highest BCUT2D eigenvalue weighted by molar-refractivity contribution is 7.99. The summed E-state index contributed by atoms with van der Waals surface area (Å²) in [6.07, 6.45) is 1.78. The first-order chi connectivity index (χ1) is 13.5. The number of rotatable bonds is 5. The lowest BCUT2D eigenvalue weighted by Crippen LogP contribution is -2.04. The molecule has 4 rings (SSSR count). The molecule has 2 aromatic carbocycles. The molecular weight excluding hydrogens is 374 g/mol. The molecule has 0 fully saturated rings. The number of carbonyl (C=O) groups is 1. The lowest BCUT2D eigenvalue weighted by atomic mass is 10.1. The van der Waals surface area contributed by atoms with Gasteiger partial charge in [0.1, 0.15) is 5.03 Å². The summed E-state index contributed by atoms with van der Waals surface area (Å²) in [5, 5.41) is 24.3. The number of hydrogen-bond donors (Lipinski definition) is 2. The van der Waals surface area contributed by atoms with Gasteiger partial charge < -0.3 is 10.2 Å². The summed E-state index contributed by atoms with van der Waals surface area (Å²) in [5.74, 6) is -0.542. The van der Waals surface area contributed by atoms with Gasteiger partial charge in [-0.25, -0.2) is 9.50 Å². The van der Waals surface area contributed by atoms with Gasteiger partial charge in [0.05, 0.1) is 11.9 Å². The van der Waals surface area contributed by atoms with Gasteiger partial charge >= 0.3 is 0 Å². The molecular formula is C21H17N3O3S. The van der Waals surface area contributed by atoms with Crippen LogP contribution < -0.4 is 0 Å². The molecule has 2 aromatic heterocycles. The number of thioether (sulfide) groups is 1. The normalized spacial score (nSPS) is 11.0. The minimum atomic E-state index is -0.308. The van der Waals surface area contributed by atoms with Crippen molar-refractivity contribution in [1.82, 2.24) is 14.6 Å². The van der Waals surface area contributed by atoms with Crippen LogP contribution in [-0.4, -0.2) is 36.3 Å². The summed E-state index contributed by atoms with van der Waals surface area (Å²) in [6.45, 7) is 1.91. The third kappa shape index (κ3) is 3.44. The topological polar surface area (TPSA) is 87.7 Å². The molecule has 7 heteroatoms. The van der Waals surface area contributed by atoms with Crippen molar-refractivity contribution in [1.29, 1.82) is 0 Å². The van der Waals surface area contributed by atoms with E-state index in [1.54, 1.807) is 10.7 Å². The van der Waals surface area contributed by atoms with Crippen LogP contribution in [0.3, 0.4) is 0 Å². The van der Waals surface area contributed by atoms with Gasteiger partial charge in [0.2, 0.25) is 0 Å². The molecule has 0 spiro atoms. The molecule has 0 aliphatic rings. The molecule has 2 heterocycles. The van der Waals surface area contributed by atoms with Crippen LogP contribution in [0.5, 0.6) is 11.5 Å². The zero-order valence-corrected chi connectivity index (χ0v) is 15.8. The first kappa shape index (κ1) is 18.1. The summed E-state index contributed by atoms with van der Waals surface area (Å²) in [4.78, 5) is 17.1. The average molecular weight is 391 g/mol. The Balaban J connectivity index is 1.63. The molecule has 0 aliphatic heterocycles. The van der Waals surface area contributed by atoms with Crippen LogP contribution >= 0.6 is 11.8 Å². The number of nitrogens with zero attached hydrogens (tertiary/aromatic N) is 3. The average Bonchev–Trinajstić information content (AvgIpc) is 3.12. The minimum absolute atomic E-state index is 0.154. The van der Waals surface area contributed by atoms with Gasteiger partial charge in [-0.1, -0.05) is 42.1 Å². The number of phenols is 2. The van der Waals surface area contributed by atoms with E-state index in [2.05, 4.69) is 10.1 Å². The molecule has 0 atom stereocenters. The number of fused-ring (bicyclic) bond motifs is 1. The molecule has 28 heavy (non-hydrogen) atoms. The van der Waals surface area contributed by atoms with Gasteiger partial charge in [-0.05, 0) is 36.8 Å². The summed E-state index contributed by atoms with van der Waals surface area (Å²) in [7, 11) is 0. The highest BCUT2D eigenvalue weighted by Gasteiger charge is 2.15. The second-order valence-corrected chi connectivity index (χ2v) is 7.31. The monoisotopic (exact) mass is 391 g/mol. The molecule has 0 saturated carbocycles. The SMILES string of the molecule is Cc1cc(SCC(=O)c2ccc(O)c(O)c2)n2ncc(-c3ccccc3)c2n1. The maximum absolute atomic E-state index is 12.5. The zero-order valence-electron chi connectivity index (χ0n) is 15.0. The largest absolute Gasteiger partial charge is 0.504 e. The first-order valence-electron chi connectivity index (χ1n) is 8.62. The Hall–Kier alpha value is -3.32. The van der Waals surface area contributed by atoms with Crippen LogP contribution in [0.1, 0.15) is 16.1 Å². The fourth-order valence-electron chi connectivity index (χ4n) is 2.89. The predicted octanol–water partition coefficient (Wildman–Crippen LogP) is 4.09. The Bertz CT molecular complexity index is 1170. The van der Waals surface area contributed by atoms with E-state index in [0.717, 1.165) is 27.5 Å². The summed E-state index contributed by atoms with van der Waals surface area (Å²) >= 11 is 1.35. The first-order valence-corrected chi connectivity index (χ1v) is 9.60. The molecule has 0 amide bonds. The maximum Gasteiger partial charge on any atom is 0.173 e. The molecule has 0 aliphatic carbocycles. The number of aryl methyl sites for hydroxylation is 1. The Labute approximate surface area is 165 Å². The summed E-state index contributed by atoms with van der Waals surface area (Å²) < 4.78 is 1.74. The van der Waals surface area contributed by atoms with E-state index in [4.69, 9.17) is 0 Å². The number of Topliss-reactive ketones (excluding diaryl/α,β-unsaturated/α-hetero) is 1. The number of phenolic OH excluding ortho intramolecular Hbond substituents is 2. The van der Waals surface area contributed by atoms with Crippen LogP contribution in [0.25, 0.3) is 16.8 Å². The van der Waals surface area contributed by atoms with Gasteiger partial charge in [-0.3, -0.25) is 4.79 Å². The fraction of sp³-hybridized carbons (Fsp3) is 0.0952. The molecule has 4 aromatic rings.